The summed E-state index contributed by atoms with van der Waals surface area (Å²) < 4.78 is 5.36. The van der Waals surface area contributed by atoms with Crippen LogP contribution in [0.4, 0.5) is 0 Å². The lowest BCUT2D eigenvalue weighted by atomic mass is 9.96. The Bertz CT molecular complexity index is 431. The van der Waals surface area contributed by atoms with Crippen molar-refractivity contribution in [1.29, 1.82) is 0 Å². The number of hydrogen-bond acceptors (Lipinski definition) is 3. The van der Waals surface area contributed by atoms with E-state index in [4.69, 9.17) is 10.5 Å². The van der Waals surface area contributed by atoms with Crippen molar-refractivity contribution in [2.45, 2.75) is 50.2 Å². The minimum absolute atomic E-state index is 0.246. The van der Waals surface area contributed by atoms with Crippen molar-refractivity contribution < 1.29 is 4.74 Å². The third-order valence-electron chi connectivity index (χ3n) is 4.42. The summed E-state index contributed by atoms with van der Waals surface area (Å²) in [5, 5.41) is 0. The monoisotopic (exact) mass is 260 g/mol. The van der Waals surface area contributed by atoms with Gasteiger partial charge in [-0.3, -0.25) is 4.90 Å². The molecule has 2 fully saturated rings. The van der Waals surface area contributed by atoms with E-state index in [1.807, 2.05) is 6.07 Å². The largest absolute Gasteiger partial charge is 0.497 e. The molecular weight excluding hydrogens is 236 g/mol. The zero-order chi connectivity index (χ0) is 13.2. The summed E-state index contributed by atoms with van der Waals surface area (Å²) in [6, 6.07) is 9.82. The predicted molar refractivity (Wildman–Crippen MR) is 77.3 cm³/mol. The average Bonchev–Trinajstić information content (AvgIpc) is 3.25. The van der Waals surface area contributed by atoms with E-state index in [2.05, 4.69) is 23.1 Å². The first-order valence-electron chi connectivity index (χ1n) is 7.45. The van der Waals surface area contributed by atoms with E-state index in [-0.39, 0.29) is 6.04 Å². The zero-order valence-electron chi connectivity index (χ0n) is 11.7. The van der Waals surface area contributed by atoms with Crippen LogP contribution in [0.1, 0.15) is 43.7 Å². The van der Waals surface area contributed by atoms with Gasteiger partial charge in [0.1, 0.15) is 5.75 Å². The van der Waals surface area contributed by atoms with E-state index in [0.29, 0.717) is 6.04 Å². The number of rotatable bonds is 3. The highest BCUT2D eigenvalue weighted by molar-refractivity contribution is 5.32. The SMILES string of the molecule is COc1cccc(C2C(N)CCCCN2C2CC2)c1. The van der Waals surface area contributed by atoms with Gasteiger partial charge in [-0.2, -0.15) is 0 Å². The van der Waals surface area contributed by atoms with Crippen molar-refractivity contribution >= 4 is 0 Å². The summed E-state index contributed by atoms with van der Waals surface area (Å²) in [6.45, 7) is 1.19. The van der Waals surface area contributed by atoms with Gasteiger partial charge in [-0.25, -0.2) is 0 Å². The van der Waals surface area contributed by atoms with Gasteiger partial charge in [-0.1, -0.05) is 18.6 Å². The smallest absolute Gasteiger partial charge is 0.119 e. The van der Waals surface area contributed by atoms with Gasteiger partial charge in [0.15, 0.2) is 0 Å². The summed E-state index contributed by atoms with van der Waals surface area (Å²) in [4.78, 5) is 2.65. The van der Waals surface area contributed by atoms with E-state index in [1.165, 1.54) is 37.8 Å². The Morgan fingerprint density at radius 1 is 1.21 bits per heavy atom. The number of nitrogens with two attached hydrogens (primary N) is 1. The van der Waals surface area contributed by atoms with E-state index >= 15 is 0 Å². The number of likely N-dealkylation sites (tertiary alicyclic amines) is 1. The molecule has 19 heavy (non-hydrogen) atoms. The second-order valence-corrected chi connectivity index (χ2v) is 5.85. The van der Waals surface area contributed by atoms with Gasteiger partial charge < -0.3 is 10.5 Å². The molecule has 0 radical (unpaired) electrons. The number of methoxy groups -OCH3 is 1. The molecule has 0 bridgehead atoms. The molecule has 2 N–H and O–H groups in total. The van der Waals surface area contributed by atoms with E-state index < -0.39 is 0 Å². The summed E-state index contributed by atoms with van der Waals surface area (Å²) in [5.74, 6) is 0.935. The first kappa shape index (κ1) is 12.9. The minimum Gasteiger partial charge on any atom is -0.497 e. The Labute approximate surface area is 115 Å². The highest BCUT2D eigenvalue weighted by Gasteiger charge is 2.38. The zero-order valence-corrected chi connectivity index (χ0v) is 11.7. The maximum atomic E-state index is 6.48. The fourth-order valence-electron chi connectivity index (χ4n) is 3.30. The standard InChI is InChI=1S/C16H24N2O/c1-19-14-6-4-5-12(11-14)16-15(17)7-2-3-10-18(16)13-8-9-13/h4-6,11,13,15-16H,2-3,7-10,17H2,1H3. The molecule has 2 unspecified atom stereocenters. The molecule has 0 spiro atoms. The first-order chi connectivity index (χ1) is 9.29. The molecule has 1 saturated carbocycles. The normalized spacial score (nSPS) is 28.9. The second kappa shape index (κ2) is 5.51. The Kier molecular flexibility index (Phi) is 3.76. The molecular formula is C16H24N2O. The Morgan fingerprint density at radius 3 is 2.79 bits per heavy atom. The number of nitrogens with zero attached hydrogens (tertiary/aromatic N) is 1. The molecule has 1 saturated heterocycles. The van der Waals surface area contributed by atoms with Gasteiger partial charge in [-0.15, -0.1) is 0 Å². The molecule has 3 rings (SSSR count). The quantitative estimate of drug-likeness (QED) is 0.908. The van der Waals surface area contributed by atoms with Crippen molar-refractivity contribution in [3.05, 3.63) is 29.8 Å². The van der Waals surface area contributed by atoms with Crippen molar-refractivity contribution in [1.82, 2.24) is 4.90 Å². The van der Waals surface area contributed by atoms with Crippen LogP contribution in [0, 0.1) is 0 Å². The molecule has 1 aromatic carbocycles. The van der Waals surface area contributed by atoms with Gasteiger partial charge >= 0.3 is 0 Å². The Morgan fingerprint density at radius 2 is 2.05 bits per heavy atom. The first-order valence-corrected chi connectivity index (χ1v) is 7.45. The van der Waals surface area contributed by atoms with Crippen LogP contribution in [0.2, 0.25) is 0 Å². The maximum Gasteiger partial charge on any atom is 0.119 e. The second-order valence-electron chi connectivity index (χ2n) is 5.85. The van der Waals surface area contributed by atoms with Crippen molar-refractivity contribution in [2.75, 3.05) is 13.7 Å². The number of ether oxygens (including phenoxy) is 1. The van der Waals surface area contributed by atoms with E-state index in [9.17, 15) is 0 Å². The molecule has 0 aromatic heterocycles. The lowest BCUT2D eigenvalue weighted by Gasteiger charge is -2.34. The van der Waals surface area contributed by atoms with Gasteiger partial charge in [0, 0.05) is 12.1 Å². The summed E-state index contributed by atoms with van der Waals surface area (Å²) in [5.41, 5.74) is 7.80. The van der Waals surface area contributed by atoms with Crippen LogP contribution in [0.5, 0.6) is 5.75 Å². The number of benzene rings is 1. The van der Waals surface area contributed by atoms with Gasteiger partial charge in [0.05, 0.1) is 13.2 Å². The van der Waals surface area contributed by atoms with Crippen LogP contribution < -0.4 is 10.5 Å². The number of hydrogen-bond donors (Lipinski definition) is 1. The molecule has 1 aromatic rings. The Hall–Kier alpha value is -1.06. The Balaban J connectivity index is 1.91. The molecule has 1 aliphatic heterocycles. The fraction of sp³-hybridized carbons (Fsp3) is 0.625. The summed E-state index contributed by atoms with van der Waals surface area (Å²) in [6.07, 6.45) is 6.35. The predicted octanol–water partition coefficient (Wildman–Crippen LogP) is 2.71. The summed E-state index contributed by atoms with van der Waals surface area (Å²) in [7, 11) is 1.73. The molecule has 2 aliphatic rings. The third-order valence-corrected chi connectivity index (χ3v) is 4.42. The van der Waals surface area contributed by atoms with Crippen molar-refractivity contribution in [3.63, 3.8) is 0 Å². The molecule has 104 valence electrons. The van der Waals surface area contributed by atoms with Gasteiger partial charge in [0.2, 0.25) is 0 Å². The van der Waals surface area contributed by atoms with Gasteiger partial charge in [0.25, 0.3) is 0 Å². The highest BCUT2D eigenvalue weighted by atomic mass is 16.5. The molecule has 3 heteroatoms. The van der Waals surface area contributed by atoms with Crippen LogP contribution in [-0.2, 0) is 0 Å². The lowest BCUT2D eigenvalue weighted by molar-refractivity contribution is 0.175. The molecule has 1 heterocycles. The van der Waals surface area contributed by atoms with Gasteiger partial charge in [-0.05, 0) is 49.9 Å². The van der Waals surface area contributed by atoms with E-state index in [1.54, 1.807) is 7.11 Å². The van der Waals surface area contributed by atoms with Crippen molar-refractivity contribution in [2.24, 2.45) is 5.73 Å². The molecule has 1 aliphatic carbocycles. The third kappa shape index (κ3) is 2.77. The maximum absolute atomic E-state index is 6.48. The highest BCUT2D eigenvalue weighted by Crippen LogP contribution is 2.39. The van der Waals surface area contributed by atoms with Crippen LogP contribution in [-0.4, -0.2) is 30.6 Å². The van der Waals surface area contributed by atoms with Crippen LogP contribution >= 0.6 is 0 Å². The van der Waals surface area contributed by atoms with E-state index in [0.717, 1.165) is 18.2 Å². The average molecular weight is 260 g/mol. The minimum atomic E-state index is 0.246. The van der Waals surface area contributed by atoms with Crippen LogP contribution in [0.25, 0.3) is 0 Å². The van der Waals surface area contributed by atoms with Crippen molar-refractivity contribution in [3.8, 4) is 5.75 Å². The topological polar surface area (TPSA) is 38.5 Å². The molecule has 2 atom stereocenters. The van der Waals surface area contributed by atoms with Crippen LogP contribution in [0.15, 0.2) is 24.3 Å². The summed E-state index contributed by atoms with van der Waals surface area (Å²) >= 11 is 0. The lowest BCUT2D eigenvalue weighted by Crippen LogP contribution is -2.41. The van der Waals surface area contributed by atoms with Crippen LogP contribution in [0.3, 0.4) is 0 Å². The fourth-order valence-corrected chi connectivity index (χ4v) is 3.30. The molecule has 0 amide bonds. The molecule has 3 nitrogen and oxygen atoms in total.